The smallest absolute Gasteiger partial charge is 0.416 e. The molecule has 0 heterocycles. The summed E-state index contributed by atoms with van der Waals surface area (Å²) in [5, 5.41) is 6.96. The highest BCUT2D eigenvalue weighted by molar-refractivity contribution is 7.92. The van der Waals surface area contributed by atoms with Crippen LogP contribution in [0.5, 0.6) is 5.75 Å². The summed E-state index contributed by atoms with van der Waals surface area (Å²) >= 11 is 5.90. The number of hydrogen-bond acceptors (Lipinski definition) is 6. The molecule has 0 aliphatic rings. The van der Waals surface area contributed by atoms with Crippen molar-refractivity contribution in [3.8, 4) is 5.75 Å². The fraction of sp³-hybridized carbons (Fsp3) is 0.129. The Hall–Kier alpha value is -4.88. The van der Waals surface area contributed by atoms with E-state index in [1.807, 2.05) is 0 Å². The van der Waals surface area contributed by atoms with Gasteiger partial charge in [0.1, 0.15) is 12.3 Å². The van der Waals surface area contributed by atoms with Crippen molar-refractivity contribution in [2.24, 2.45) is 5.10 Å². The second-order valence-corrected chi connectivity index (χ2v) is 11.9. The number of alkyl halides is 3. The highest BCUT2D eigenvalue weighted by Crippen LogP contribution is 2.33. The Morgan fingerprint density at radius 2 is 1.62 bits per heavy atom. The first-order valence-electron chi connectivity index (χ1n) is 13.2. The third-order valence-corrected chi connectivity index (χ3v) is 8.14. The number of rotatable bonds is 11. The molecule has 0 radical (unpaired) electrons. The highest BCUT2D eigenvalue weighted by Gasteiger charge is 2.33. The molecule has 234 valence electrons. The number of sulfonamides is 1. The summed E-state index contributed by atoms with van der Waals surface area (Å²) in [4.78, 5) is 24.7. The van der Waals surface area contributed by atoms with Gasteiger partial charge in [0, 0.05) is 10.7 Å². The number of aryl methyl sites for hydroxylation is 1. The maximum atomic E-state index is 13.5. The van der Waals surface area contributed by atoms with Crippen molar-refractivity contribution < 1.29 is 35.9 Å². The predicted octanol–water partition coefficient (Wildman–Crippen LogP) is 6.03. The van der Waals surface area contributed by atoms with E-state index in [2.05, 4.69) is 15.8 Å². The summed E-state index contributed by atoms with van der Waals surface area (Å²) < 4.78 is 73.1. The molecule has 4 aromatic rings. The van der Waals surface area contributed by atoms with Crippen LogP contribution in [0.3, 0.4) is 0 Å². The Kier molecular flexibility index (Phi) is 10.5. The van der Waals surface area contributed by atoms with E-state index in [1.54, 1.807) is 55.5 Å². The molecular formula is C31H26ClF3N4O5S. The van der Waals surface area contributed by atoms with Crippen LogP contribution < -0.4 is 19.8 Å². The Labute approximate surface area is 262 Å². The zero-order valence-corrected chi connectivity index (χ0v) is 25.2. The second-order valence-electron chi connectivity index (χ2n) is 9.58. The third-order valence-electron chi connectivity index (χ3n) is 6.12. The van der Waals surface area contributed by atoms with Crippen LogP contribution in [0.15, 0.2) is 107 Å². The quantitative estimate of drug-likeness (QED) is 0.151. The van der Waals surface area contributed by atoms with Gasteiger partial charge in [-0.15, -0.1) is 0 Å². The van der Waals surface area contributed by atoms with Crippen molar-refractivity contribution in [3.63, 3.8) is 0 Å². The van der Waals surface area contributed by atoms with Gasteiger partial charge in [0.05, 0.1) is 22.4 Å². The first kappa shape index (κ1) is 33.0. The van der Waals surface area contributed by atoms with Crippen molar-refractivity contribution in [2.45, 2.75) is 18.0 Å². The summed E-state index contributed by atoms with van der Waals surface area (Å²) in [7, 11) is -4.44. The average Bonchev–Trinajstić information content (AvgIpc) is 2.99. The van der Waals surface area contributed by atoms with E-state index in [1.165, 1.54) is 36.5 Å². The summed E-state index contributed by atoms with van der Waals surface area (Å²) in [6.45, 7) is 0.637. The van der Waals surface area contributed by atoms with Crippen LogP contribution in [0.25, 0.3) is 0 Å². The van der Waals surface area contributed by atoms with Gasteiger partial charge in [-0.1, -0.05) is 41.4 Å². The lowest BCUT2D eigenvalue weighted by atomic mass is 10.2. The normalized spacial score (nSPS) is 11.7. The van der Waals surface area contributed by atoms with Crippen LogP contribution in [-0.4, -0.2) is 39.6 Å². The number of nitrogens with zero attached hydrogens (tertiary/aromatic N) is 2. The number of ether oxygens (including phenoxy) is 1. The number of carbonyl (C=O) groups excluding carboxylic acids is 2. The van der Waals surface area contributed by atoms with Crippen molar-refractivity contribution >= 4 is 51.0 Å². The van der Waals surface area contributed by atoms with Gasteiger partial charge in [0.15, 0.2) is 6.61 Å². The van der Waals surface area contributed by atoms with Gasteiger partial charge >= 0.3 is 6.18 Å². The minimum atomic E-state index is -4.73. The van der Waals surface area contributed by atoms with E-state index in [0.29, 0.717) is 32.4 Å². The number of carbonyl (C=O) groups is 2. The Balaban J connectivity index is 1.40. The Bertz CT molecular complexity index is 1800. The number of amides is 2. The van der Waals surface area contributed by atoms with Crippen LogP contribution in [0.2, 0.25) is 5.02 Å². The molecule has 2 N–H and O–H groups in total. The fourth-order valence-corrected chi connectivity index (χ4v) is 5.50. The third kappa shape index (κ3) is 9.30. The second kappa shape index (κ2) is 14.3. The Morgan fingerprint density at radius 3 is 2.29 bits per heavy atom. The van der Waals surface area contributed by atoms with E-state index >= 15 is 0 Å². The molecule has 0 saturated carbocycles. The van der Waals surface area contributed by atoms with Crippen molar-refractivity contribution in [2.75, 3.05) is 22.8 Å². The van der Waals surface area contributed by atoms with Crippen LogP contribution in [0, 0.1) is 6.92 Å². The molecule has 0 unspecified atom stereocenters. The molecule has 45 heavy (non-hydrogen) atoms. The standard InChI is InChI=1S/C31H26ClF3N4O5S/c1-21-8-14-28(15-9-21)45(42,43)39(26-7-2-4-23(16-26)31(33,34)35)19-29(40)38-36-18-22-10-12-27(13-11-22)44-20-30(41)37-25-6-3-5-24(32)17-25/h2-18H,19-20H2,1H3,(H,37,41)(H,38,40)/b36-18-. The fourth-order valence-electron chi connectivity index (χ4n) is 3.90. The number of nitrogens with one attached hydrogen (secondary N) is 2. The average molecular weight is 659 g/mol. The molecule has 2 amide bonds. The van der Waals surface area contributed by atoms with Gasteiger partial charge in [0.25, 0.3) is 21.8 Å². The van der Waals surface area contributed by atoms with Crippen molar-refractivity contribution in [1.82, 2.24) is 5.43 Å². The number of benzene rings is 4. The van der Waals surface area contributed by atoms with Crippen LogP contribution >= 0.6 is 11.6 Å². The molecule has 4 aromatic carbocycles. The van der Waals surface area contributed by atoms with Crippen molar-refractivity contribution in [3.05, 3.63) is 119 Å². The van der Waals surface area contributed by atoms with Gasteiger partial charge in [-0.3, -0.25) is 13.9 Å². The van der Waals surface area contributed by atoms with Crippen LogP contribution in [0.1, 0.15) is 16.7 Å². The molecule has 4 rings (SSSR count). The van der Waals surface area contributed by atoms with E-state index in [-0.39, 0.29) is 17.2 Å². The summed E-state index contributed by atoms with van der Waals surface area (Å²) in [5.74, 6) is -0.908. The molecule has 9 nitrogen and oxygen atoms in total. The zero-order chi connectivity index (χ0) is 32.6. The number of halogens is 4. The first-order valence-corrected chi connectivity index (χ1v) is 15.0. The minimum absolute atomic E-state index is 0.203. The molecule has 0 aliphatic heterocycles. The van der Waals surface area contributed by atoms with Gasteiger partial charge in [0.2, 0.25) is 0 Å². The maximum Gasteiger partial charge on any atom is 0.416 e. The van der Waals surface area contributed by atoms with Gasteiger partial charge < -0.3 is 10.1 Å². The maximum absolute atomic E-state index is 13.5. The Morgan fingerprint density at radius 1 is 0.933 bits per heavy atom. The monoisotopic (exact) mass is 658 g/mol. The minimum Gasteiger partial charge on any atom is -0.484 e. The molecule has 0 aliphatic carbocycles. The number of anilines is 2. The lowest BCUT2D eigenvalue weighted by molar-refractivity contribution is -0.137. The molecule has 14 heteroatoms. The van der Waals surface area contributed by atoms with Crippen molar-refractivity contribution in [1.29, 1.82) is 0 Å². The molecule has 0 saturated heterocycles. The predicted molar refractivity (Wildman–Crippen MR) is 165 cm³/mol. The summed E-state index contributed by atoms with van der Waals surface area (Å²) in [6, 6.07) is 22.4. The lowest BCUT2D eigenvalue weighted by Crippen LogP contribution is -2.39. The van der Waals surface area contributed by atoms with E-state index < -0.39 is 40.1 Å². The van der Waals surface area contributed by atoms with E-state index in [9.17, 15) is 31.2 Å². The lowest BCUT2D eigenvalue weighted by Gasteiger charge is -2.24. The SMILES string of the molecule is Cc1ccc(S(=O)(=O)N(CC(=O)N/N=C\c2ccc(OCC(=O)Nc3cccc(Cl)c3)cc2)c2cccc(C(F)(F)F)c2)cc1. The van der Waals surface area contributed by atoms with Gasteiger partial charge in [-0.25, -0.2) is 13.8 Å². The van der Waals surface area contributed by atoms with Gasteiger partial charge in [-0.05, 0) is 85.3 Å². The summed E-state index contributed by atoms with van der Waals surface area (Å²) in [5.41, 5.74) is 2.59. The van der Waals surface area contributed by atoms with E-state index in [0.717, 1.165) is 17.7 Å². The summed E-state index contributed by atoms with van der Waals surface area (Å²) in [6.07, 6.45) is -3.46. The molecule has 0 fully saturated rings. The molecule has 0 spiro atoms. The number of hydrazone groups is 1. The molecular weight excluding hydrogens is 633 g/mol. The van der Waals surface area contributed by atoms with Crippen LogP contribution in [-0.2, 0) is 25.8 Å². The largest absolute Gasteiger partial charge is 0.484 e. The molecule has 0 bridgehead atoms. The highest BCUT2D eigenvalue weighted by atomic mass is 35.5. The number of hydrogen-bond donors (Lipinski definition) is 2. The van der Waals surface area contributed by atoms with Gasteiger partial charge in [-0.2, -0.15) is 18.3 Å². The first-order chi connectivity index (χ1) is 21.3. The zero-order valence-electron chi connectivity index (χ0n) is 23.6. The topological polar surface area (TPSA) is 117 Å². The molecule has 0 atom stereocenters. The molecule has 0 aromatic heterocycles. The van der Waals surface area contributed by atoms with E-state index in [4.69, 9.17) is 16.3 Å². The van der Waals surface area contributed by atoms with Crippen LogP contribution in [0.4, 0.5) is 24.5 Å².